The van der Waals surface area contributed by atoms with Crippen molar-refractivity contribution in [2.45, 2.75) is 19.3 Å². The Morgan fingerprint density at radius 1 is 1.25 bits per heavy atom. The monoisotopic (exact) mass is 215 g/mol. The zero-order chi connectivity index (χ0) is 10.8. The molecule has 1 aromatic carbocycles. The molecule has 0 aliphatic carbocycles. The second-order valence-corrected chi connectivity index (χ2v) is 4.61. The Kier molecular flexibility index (Phi) is 2.62. The molecule has 3 heteroatoms. The van der Waals surface area contributed by atoms with Gasteiger partial charge in [-0.2, -0.15) is 0 Å². The van der Waals surface area contributed by atoms with Crippen LogP contribution in [0.5, 0.6) is 0 Å². The van der Waals surface area contributed by atoms with Crippen LogP contribution in [0, 0.1) is 5.92 Å². The molecule has 0 spiro atoms. The Morgan fingerprint density at radius 2 is 2.12 bits per heavy atom. The summed E-state index contributed by atoms with van der Waals surface area (Å²) in [4.78, 5) is 7.59. The number of nitrogens with zero attached hydrogens (tertiary/aromatic N) is 1. The summed E-state index contributed by atoms with van der Waals surface area (Å²) in [6.07, 6.45) is 5.54. The summed E-state index contributed by atoms with van der Waals surface area (Å²) in [5.74, 6) is 0.823. The minimum absolute atomic E-state index is 0.823. The highest BCUT2D eigenvalue weighted by molar-refractivity contribution is 5.78. The summed E-state index contributed by atoms with van der Waals surface area (Å²) >= 11 is 0. The number of nitrogens with one attached hydrogen (secondary N) is 2. The van der Waals surface area contributed by atoms with Crippen LogP contribution in [-0.4, -0.2) is 23.1 Å². The molecule has 1 aliphatic heterocycles. The Balaban J connectivity index is 1.85. The maximum absolute atomic E-state index is 4.41. The van der Waals surface area contributed by atoms with Crippen molar-refractivity contribution in [1.29, 1.82) is 0 Å². The summed E-state index contributed by atoms with van der Waals surface area (Å²) in [7, 11) is 0. The van der Waals surface area contributed by atoms with Gasteiger partial charge in [0.1, 0.15) is 0 Å². The van der Waals surface area contributed by atoms with Gasteiger partial charge < -0.3 is 10.3 Å². The number of rotatable bonds is 2. The second-order valence-electron chi connectivity index (χ2n) is 4.61. The van der Waals surface area contributed by atoms with E-state index in [1.807, 2.05) is 0 Å². The van der Waals surface area contributed by atoms with Gasteiger partial charge in [0.2, 0.25) is 0 Å². The van der Waals surface area contributed by atoms with E-state index >= 15 is 0 Å². The fourth-order valence-electron chi connectivity index (χ4n) is 2.59. The lowest BCUT2D eigenvalue weighted by Gasteiger charge is -2.22. The van der Waals surface area contributed by atoms with Gasteiger partial charge in [0.15, 0.2) is 0 Å². The molecule has 0 bridgehead atoms. The maximum atomic E-state index is 4.41. The van der Waals surface area contributed by atoms with Crippen molar-refractivity contribution >= 4 is 11.0 Å². The Hall–Kier alpha value is -1.35. The van der Waals surface area contributed by atoms with Crippen molar-refractivity contribution < 1.29 is 0 Å². The summed E-state index contributed by atoms with van der Waals surface area (Å²) < 4.78 is 0. The molecular formula is C13H17N3. The fourth-order valence-corrected chi connectivity index (χ4v) is 2.59. The van der Waals surface area contributed by atoms with E-state index in [-0.39, 0.29) is 0 Å². The standard InChI is InChI=1S/C13H17N3/c1-2-11(8-10-4-6-14-7-5-10)13-12(3-1)15-9-16-13/h1-3,9-10,14H,4-8H2,(H,15,16). The minimum atomic E-state index is 0.823. The summed E-state index contributed by atoms with van der Waals surface area (Å²) in [6.45, 7) is 2.34. The third-order valence-electron chi connectivity index (χ3n) is 3.50. The van der Waals surface area contributed by atoms with E-state index in [0.717, 1.165) is 17.0 Å². The van der Waals surface area contributed by atoms with Gasteiger partial charge in [-0.3, -0.25) is 0 Å². The molecule has 1 saturated heterocycles. The Bertz CT molecular complexity index is 469. The van der Waals surface area contributed by atoms with E-state index < -0.39 is 0 Å². The van der Waals surface area contributed by atoms with Crippen LogP contribution in [0.4, 0.5) is 0 Å². The average molecular weight is 215 g/mol. The van der Waals surface area contributed by atoms with Crippen LogP contribution in [0.15, 0.2) is 24.5 Å². The first-order valence-electron chi connectivity index (χ1n) is 6.05. The van der Waals surface area contributed by atoms with Crippen LogP contribution >= 0.6 is 0 Å². The van der Waals surface area contributed by atoms with Crippen LogP contribution in [0.25, 0.3) is 11.0 Å². The van der Waals surface area contributed by atoms with Crippen molar-refractivity contribution in [3.8, 4) is 0 Å². The predicted octanol–water partition coefficient (Wildman–Crippen LogP) is 2.10. The third-order valence-corrected chi connectivity index (χ3v) is 3.50. The Morgan fingerprint density at radius 3 is 3.00 bits per heavy atom. The SMILES string of the molecule is c1cc(CC2CCNCC2)c2nc[nH]c2c1. The van der Waals surface area contributed by atoms with E-state index in [4.69, 9.17) is 0 Å². The molecule has 3 rings (SSSR count). The molecular weight excluding hydrogens is 198 g/mol. The molecule has 1 aliphatic rings. The average Bonchev–Trinajstić information content (AvgIpc) is 2.80. The van der Waals surface area contributed by atoms with E-state index in [1.165, 1.54) is 37.9 Å². The molecule has 2 N–H and O–H groups in total. The number of para-hydroxylation sites is 1. The number of benzene rings is 1. The van der Waals surface area contributed by atoms with Crippen LogP contribution in [0.1, 0.15) is 18.4 Å². The molecule has 1 fully saturated rings. The molecule has 1 aromatic heterocycles. The quantitative estimate of drug-likeness (QED) is 0.805. The van der Waals surface area contributed by atoms with E-state index in [2.05, 4.69) is 33.5 Å². The van der Waals surface area contributed by atoms with Crippen LogP contribution in [0.3, 0.4) is 0 Å². The molecule has 16 heavy (non-hydrogen) atoms. The molecule has 0 unspecified atom stereocenters. The van der Waals surface area contributed by atoms with Crippen LogP contribution in [-0.2, 0) is 6.42 Å². The number of aromatic amines is 1. The zero-order valence-electron chi connectivity index (χ0n) is 9.37. The van der Waals surface area contributed by atoms with Crippen molar-refractivity contribution in [2.24, 2.45) is 5.92 Å². The van der Waals surface area contributed by atoms with Crippen LogP contribution in [0.2, 0.25) is 0 Å². The number of hydrogen-bond donors (Lipinski definition) is 2. The number of aromatic nitrogens is 2. The number of imidazole rings is 1. The number of hydrogen-bond acceptors (Lipinski definition) is 2. The topological polar surface area (TPSA) is 40.7 Å². The maximum Gasteiger partial charge on any atom is 0.0931 e. The summed E-state index contributed by atoms with van der Waals surface area (Å²) in [5.41, 5.74) is 3.71. The number of fused-ring (bicyclic) bond motifs is 1. The predicted molar refractivity (Wildman–Crippen MR) is 65.4 cm³/mol. The van der Waals surface area contributed by atoms with Gasteiger partial charge in [0, 0.05) is 0 Å². The van der Waals surface area contributed by atoms with Gasteiger partial charge in [-0.1, -0.05) is 12.1 Å². The first-order valence-corrected chi connectivity index (χ1v) is 6.05. The molecule has 0 radical (unpaired) electrons. The molecule has 3 nitrogen and oxygen atoms in total. The second kappa shape index (κ2) is 4.26. The van der Waals surface area contributed by atoms with Crippen LogP contribution < -0.4 is 5.32 Å². The van der Waals surface area contributed by atoms with Gasteiger partial charge in [-0.25, -0.2) is 4.98 Å². The molecule has 0 atom stereocenters. The lowest BCUT2D eigenvalue weighted by Crippen LogP contribution is -2.28. The molecule has 0 amide bonds. The molecule has 84 valence electrons. The Labute approximate surface area is 95.3 Å². The van der Waals surface area contributed by atoms with Gasteiger partial charge in [0.25, 0.3) is 0 Å². The largest absolute Gasteiger partial charge is 0.345 e. The fraction of sp³-hybridized carbons (Fsp3) is 0.462. The third kappa shape index (κ3) is 1.83. The highest BCUT2D eigenvalue weighted by Gasteiger charge is 2.15. The highest BCUT2D eigenvalue weighted by Crippen LogP contribution is 2.22. The van der Waals surface area contributed by atoms with E-state index in [9.17, 15) is 0 Å². The number of piperidine rings is 1. The highest BCUT2D eigenvalue weighted by atomic mass is 14.9. The van der Waals surface area contributed by atoms with Crippen molar-refractivity contribution in [3.05, 3.63) is 30.1 Å². The van der Waals surface area contributed by atoms with E-state index in [1.54, 1.807) is 6.33 Å². The molecule has 2 aromatic rings. The summed E-state index contributed by atoms with van der Waals surface area (Å²) in [5, 5.41) is 3.41. The number of H-pyrrole nitrogens is 1. The normalized spacial score (nSPS) is 18.0. The van der Waals surface area contributed by atoms with Gasteiger partial charge in [0.05, 0.1) is 17.4 Å². The summed E-state index contributed by atoms with van der Waals surface area (Å²) in [6, 6.07) is 6.43. The smallest absolute Gasteiger partial charge is 0.0931 e. The first-order chi connectivity index (χ1) is 7.93. The van der Waals surface area contributed by atoms with Gasteiger partial charge in [-0.15, -0.1) is 0 Å². The lowest BCUT2D eigenvalue weighted by atomic mass is 9.90. The van der Waals surface area contributed by atoms with Crippen molar-refractivity contribution in [1.82, 2.24) is 15.3 Å². The van der Waals surface area contributed by atoms with E-state index in [0.29, 0.717) is 0 Å². The van der Waals surface area contributed by atoms with Crippen molar-refractivity contribution in [2.75, 3.05) is 13.1 Å². The van der Waals surface area contributed by atoms with Gasteiger partial charge in [-0.05, 0) is 49.9 Å². The van der Waals surface area contributed by atoms with Crippen molar-refractivity contribution in [3.63, 3.8) is 0 Å². The first kappa shape index (κ1) is 9.85. The zero-order valence-corrected chi connectivity index (χ0v) is 9.37. The minimum Gasteiger partial charge on any atom is -0.345 e. The lowest BCUT2D eigenvalue weighted by molar-refractivity contribution is 0.373. The molecule has 2 heterocycles. The van der Waals surface area contributed by atoms with Gasteiger partial charge >= 0.3 is 0 Å². The molecule has 0 saturated carbocycles.